The van der Waals surface area contributed by atoms with Crippen LogP contribution in [0.25, 0.3) is 0 Å². The molecule has 3 nitrogen and oxygen atoms in total. The Kier molecular flexibility index (Phi) is 3.45. The predicted octanol–water partition coefficient (Wildman–Crippen LogP) is 2.29. The zero-order valence-electron chi connectivity index (χ0n) is 9.03. The van der Waals surface area contributed by atoms with Gasteiger partial charge in [-0.25, -0.2) is 0 Å². The Hall–Kier alpha value is -1.22. The average Bonchev–Trinajstić information content (AvgIpc) is 2.80. The first-order valence-corrected chi connectivity index (χ1v) is 5.38. The molecule has 0 radical (unpaired) electrons. The molecule has 1 aliphatic rings. The molecular weight excluding hydrogens is 190 g/mol. The average molecular weight is 207 g/mol. The Morgan fingerprint density at radius 3 is 2.80 bits per heavy atom. The molecule has 1 fully saturated rings. The van der Waals surface area contributed by atoms with Crippen LogP contribution in [0.3, 0.4) is 0 Å². The third kappa shape index (κ3) is 2.86. The van der Waals surface area contributed by atoms with Gasteiger partial charge in [0.15, 0.2) is 0 Å². The van der Waals surface area contributed by atoms with Gasteiger partial charge in [-0.15, -0.1) is 0 Å². The highest BCUT2D eigenvalue weighted by atomic mass is 16.5. The molecule has 0 aromatic heterocycles. The van der Waals surface area contributed by atoms with Crippen molar-refractivity contribution in [1.29, 1.82) is 0 Å². The van der Waals surface area contributed by atoms with Gasteiger partial charge in [-0.3, -0.25) is 0 Å². The van der Waals surface area contributed by atoms with E-state index in [1.54, 1.807) is 7.11 Å². The van der Waals surface area contributed by atoms with Crippen molar-refractivity contribution in [3.63, 3.8) is 0 Å². The molecule has 1 aromatic carbocycles. The molecule has 15 heavy (non-hydrogen) atoms. The second-order valence-corrected chi connectivity index (χ2v) is 3.74. The van der Waals surface area contributed by atoms with Gasteiger partial charge in [0.25, 0.3) is 0 Å². The largest absolute Gasteiger partial charge is 0.497 e. The number of benzene rings is 1. The minimum Gasteiger partial charge on any atom is -0.497 e. The molecule has 3 heteroatoms. The van der Waals surface area contributed by atoms with E-state index in [9.17, 15) is 0 Å². The highest BCUT2D eigenvalue weighted by Crippen LogP contribution is 2.17. The van der Waals surface area contributed by atoms with Crippen LogP contribution in [0.5, 0.6) is 5.75 Å². The second-order valence-electron chi connectivity index (χ2n) is 3.74. The molecule has 1 unspecified atom stereocenters. The summed E-state index contributed by atoms with van der Waals surface area (Å²) in [5.74, 6) is 0.887. The van der Waals surface area contributed by atoms with Crippen molar-refractivity contribution in [3.8, 4) is 5.75 Å². The van der Waals surface area contributed by atoms with Gasteiger partial charge in [0.2, 0.25) is 0 Å². The van der Waals surface area contributed by atoms with E-state index in [1.807, 2.05) is 24.3 Å². The predicted molar refractivity (Wildman–Crippen MR) is 60.5 cm³/mol. The molecule has 0 bridgehead atoms. The second kappa shape index (κ2) is 5.03. The van der Waals surface area contributed by atoms with Gasteiger partial charge in [-0.2, -0.15) is 0 Å². The van der Waals surface area contributed by atoms with E-state index in [2.05, 4.69) is 5.32 Å². The maximum absolute atomic E-state index is 5.53. The lowest BCUT2D eigenvalue weighted by molar-refractivity contribution is 0.120. The zero-order chi connectivity index (χ0) is 10.5. The summed E-state index contributed by atoms with van der Waals surface area (Å²) in [7, 11) is 1.68. The number of methoxy groups -OCH3 is 1. The zero-order valence-corrected chi connectivity index (χ0v) is 9.03. The van der Waals surface area contributed by atoms with Crippen LogP contribution in [0.15, 0.2) is 24.3 Å². The first-order valence-electron chi connectivity index (χ1n) is 5.38. The Balaban J connectivity index is 1.82. The van der Waals surface area contributed by atoms with Crippen molar-refractivity contribution in [2.45, 2.75) is 18.9 Å². The summed E-state index contributed by atoms with van der Waals surface area (Å²) in [6, 6.07) is 7.96. The molecule has 0 amide bonds. The Morgan fingerprint density at radius 1 is 1.40 bits per heavy atom. The molecule has 1 aliphatic heterocycles. The van der Waals surface area contributed by atoms with Gasteiger partial charge < -0.3 is 14.8 Å². The van der Waals surface area contributed by atoms with Crippen LogP contribution in [0.2, 0.25) is 0 Å². The first kappa shape index (κ1) is 10.3. The van der Waals surface area contributed by atoms with Gasteiger partial charge in [-0.1, -0.05) is 0 Å². The minimum atomic E-state index is 0.382. The van der Waals surface area contributed by atoms with E-state index in [0.717, 1.165) is 24.6 Å². The molecule has 1 heterocycles. The van der Waals surface area contributed by atoms with Gasteiger partial charge in [0, 0.05) is 18.8 Å². The molecule has 82 valence electrons. The summed E-state index contributed by atoms with van der Waals surface area (Å²) in [6.07, 6.45) is 2.74. The van der Waals surface area contributed by atoms with Crippen molar-refractivity contribution in [1.82, 2.24) is 0 Å². The summed E-state index contributed by atoms with van der Waals surface area (Å²) in [5, 5.41) is 3.36. The number of hydrogen-bond acceptors (Lipinski definition) is 3. The number of hydrogen-bond donors (Lipinski definition) is 1. The quantitative estimate of drug-likeness (QED) is 0.821. The first-order chi connectivity index (χ1) is 7.38. The lowest BCUT2D eigenvalue weighted by Gasteiger charge is -2.12. The molecule has 0 saturated carbocycles. The number of ether oxygens (including phenoxy) is 2. The fourth-order valence-electron chi connectivity index (χ4n) is 1.75. The molecule has 1 N–H and O–H groups in total. The van der Waals surface area contributed by atoms with Crippen molar-refractivity contribution < 1.29 is 9.47 Å². The van der Waals surface area contributed by atoms with E-state index in [1.165, 1.54) is 12.8 Å². The third-order valence-electron chi connectivity index (χ3n) is 2.65. The molecule has 0 aliphatic carbocycles. The molecule has 1 aromatic rings. The Bertz CT molecular complexity index is 291. The van der Waals surface area contributed by atoms with Crippen LogP contribution in [0.4, 0.5) is 5.69 Å². The highest BCUT2D eigenvalue weighted by Gasteiger charge is 2.14. The lowest BCUT2D eigenvalue weighted by atomic mass is 10.2. The van der Waals surface area contributed by atoms with Gasteiger partial charge in [-0.05, 0) is 37.1 Å². The van der Waals surface area contributed by atoms with Crippen LogP contribution in [0, 0.1) is 0 Å². The molecule has 1 saturated heterocycles. The summed E-state index contributed by atoms with van der Waals surface area (Å²) in [5.41, 5.74) is 1.12. The van der Waals surface area contributed by atoms with E-state index < -0.39 is 0 Å². The van der Waals surface area contributed by atoms with Gasteiger partial charge in [0.05, 0.1) is 13.2 Å². The highest BCUT2D eigenvalue weighted by molar-refractivity contribution is 5.46. The summed E-state index contributed by atoms with van der Waals surface area (Å²) in [4.78, 5) is 0. The monoisotopic (exact) mass is 207 g/mol. The topological polar surface area (TPSA) is 30.5 Å². The molecule has 2 rings (SSSR count). The van der Waals surface area contributed by atoms with Crippen molar-refractivity contribution in [3.05, 3.63) is 24.3 Å². The number of anilines is 1. The van der Waals surface area contributed by atoms with E-state index in [4.69, 9.17) is 9.47 Å². The van der Waals surface area contributed by atoms with Gasteiger partial charge in [0.1, 0.15) is 5.75 Å². The maximum Gasteiger partial charge on any atom is 0.119 e. The molecule has 0 spiro atoms. The van der Waals surface area contributed by atoms with Crippen molar-refractivity contribution in [2.75, 3.05) is 25.6 Å². The smallest absolute Gasteiger partial charge is 0.119 e. The fraction of sp³-hybridized carbons (Fsp3) is 0.500. The van der Waals surface area contributed by atoms with E-state index in [-0.39, 0.29) is 0 Å². The maximum atomic E-state index is 5.53. The Labute approximate surface area is 90.4 Å². The fourth-order valence-corrected chi connectivity index (χ4v) is 1.75. The third-order valence-corrected chi connectivity index (χ3v) is 2.65. The molecule has 1 atom stereocenters. The normalized spacial score (nSPS) is 20.2. The van der Waals surface area contributed by atoms with E-state index in [0.29, 0.717) is 6.10 Å². The van der Waals surface area contributed by atoms with Crippen LogP contribution in [0.1, 0.15) is 12.8 Å². The van der Waals surface area contributed by atoms with Crippen LogP contribution >= 0.6 is 0 Å². The van der Waals surface area contributed by atoms with Crippen molar-refractivity contribution >= 4 is 5.69 Å². The van der Waals surface area contributed by atoms with E-state index >= 15 is 0 Å². The minimum absolute atomic E-state index is 0.382. The summed E-state index contributed by atoms with van der Waals surface area (Å²) < 4.78 is 10.6. The van der Waals surface area contributed by atoms with Crippen LogP contribution < -0.4 is 10.1 Å². The van der Waals surface area contributed by atoms with Gasteiger partial charge >= 0.3 is 0 Å². The Morgan fingerprint density at radius 2 is 2.20 bits per heavy atom. The molecular formula is C12H17NO2. The van der Waals surface area contributed by atoms with Crippen LogP contribution in [-0.2, 0) is 4.74 Å². The number of rotatable bonds is 4. The summed E-state index contributed by atoms with van der Waals surface area (Å²) >= 11 is 0. The standard InChI is InChI=1S/C12H17NO2/c1-14-11-6-4-10(5-7-11)13-9-12-3-2-8-15-12/h4-7,12-13H,2-3,8-9H2,1H3. The SMILES string of the molecule is COc1ccc(NCC2CCCO2)cc1. The summed E-state index contributed by atoms with van der Waals surface area (Å²) in [6.45, 7) is 1.81. The number of nitrogens with one attached hydrogen (secondary N) is 1. The lowest BCUT2D eigenvalue weighted by Crippen LogP contribution is -2.18. The van der Waals surface area contributed by atoms with Crippen molar-refractivity contribution in [2.24, 2.45) is 0 Å². The van der Waals surface area contributed by atoms with Crippen LogP contribution in [-0.4, -0.2) is 26.4 Å².